The smallest absolute Gasteiger partial charge is 0.163 e. The minimum absolute atomic E-state index is 0.0904. The van der Waals surface area contributed by atoms with Gasteiger partial charge in [0.05, 0.1) is 5.92 Å². The number of thiophene rings is 1. The van der Waals surface area contributed by atoms with Gasteiger partial charge < -0.3 is 0 Å². The van der Waals surface area contributed by atoms with Gasteiger partial charge in [-0.3, -0.25) is 0 Å². The number of allylic oxidation sites excluding steroid dienone is 7. The molecule has 2 atom stereocenters. The van der Waals surface area contributed by atoms with E-state index in [-0.39, 0.29) is 11.8 Å². The molecule has 3 aliphatic carbocycles. The predicted molar refractivity (Wildman–Crippen MR) is 155 cm³/mol. The van der Waals surface area contributed by atoms with Gasteiger partial charge in [0.15, 0.2) is 5.82 Å². The van der Waals surface area contributed by atoms with Crippen molar-refractivity contribution < 1.29 is 0 Å². The Labute approximate surface area is 222 Å². The van der Waals surface area contributed by atoms with Crippen LogP contribution in [0.15, 0.2) is 85.0 Å². The van der Waals surface area contributed by atoms with E-state index in [4.69, 9.17) is 15.0 Å². The molecule has 2 heterocycles. The van der Waals surface area contributed by atoms with Crippen molar-refractivity contribution in [3.05, 3.63) is 118 Å². The first kappa shape index (κ1) is 22.6. The minimum atomic E-state index is 0.0904. The number of rotatable bonds is 4. The molecule has 37 heavy (non-hydrogen) atoms. The second kappa shape index (κ2) is 9.68. The second-order valence-corrected chi connectivity index (χ2v) is 11.2. The Hall–Kier alpha value is -3.63. The maximum atomic E-state index is 5.24. The average Bonchev–Trinajstić information content (AvgIpc) is 3.36. The number of aromatic nitrogens is 3. The molecule has 0 radical (unpaired) electrons. The van der Waals surface area contributed by atoms with Crippen LogP contribution in [0.4, 0.5) is 0 Å². The summed E-state index contributed by atoms with van der Waals surface area (Å²) in [6, 6.07) is 19.6. The summed E-state index contributed by atoms with van der Waals surface area (Å²) >= 11 is 1.88. The molecule has 0 saturated heterocycles. The van der Waals surface area contributed by atoms with E-state index >= 15 is 0 Å². The summed E-state index contributed by atoms with van der Waals surface area (Å²) in [6.07, 6.45) is 20.1. The first-order chi connectivity index (χ1) is 18.3. The molecule has 3 nitrogen and oxygen atoms in total. The average molecular weight is 500 g/mol. The highest BCUT2D eigenvalue weighted by Crippen LogP contribution is 2.48. The van der Waals surface area contributed by atoms with Crippen LogP contribution in [0.3, 0.4) is 0 Å². The topological polar surface area (TPSA) is 38.7 Å². The molecule has 0 amide bonds. The van der Waals surface area contributed by atoms with Gasteiger partial charge in [-0.2, -0.15) is 0 Å². The fourth-order valence-corrected chi connectivity index (χ4v) is 7.07. The Balaban J connectivity index is 1.42. The van der Waals surface area contributed by atoms with Gasteiger partial charge in [-0.25, -0.2) is 15.0 Å². The van der Waals surface area contributed by atoms with Crippen LogP contribution in [-0.4, -0.2) is 15.0 Å². The Morgan fingerprint density at radius 2 is 1.68 bits per heavy atom. The molecule has 0 N–H and O–H groups in total. The van der Waals surface area contributed by atoms with Crippen molar-refractivity contribution in [2.24, 2.45) is 0 Å². The van der Waals surface area contributed by atoms with Crippen molar-refractivity contribution in [3.8, 4) is 0 Å². The fourth-order valence-electron chi connectivity index (χ4n) is 5.83. The first-order valence-corrected chi connectivity index (χ1v) is 14.2. The highest BCUT2D eigenvalue weighted by atomic mass is 32.1. The van der Waals surface area contributed by atoms with Crippen LogP contribution in [0.2, 0.25) is 0 Å². The molecule has 0 spiro atoms. The van der Waals surface area contributed by atoms with Crippen LogP contribution in [0, 0.1) is 0 Å². The van der Waals surface area contributed by atoms with E-state index in [0.29, 0.717) is 0 Å². The summed E-state index contributed by atoms with van der Waals surface area (Å²) in [6.45, 7) is 0. The standard InChI is InChI=1S/C33H29N3S/c1-4-12-22(13-5-1)25-20-27(30-26-18-10-11-19-28(26)37-29(30)21-25)33-35-31(23-14-6-2-7-15-23)34-32(36-33)24-16-8-3-9-17-24/h1,4-6,8,10-16,18-19,21,24,27H,2-3,7,9,17,20H2. The Morgan fingerprint density at radius 3 is 2.51 bits per heavy atom. The zero-order valence-corrected chi connectivity index (χ0v) is 21.6. The van der Waals surface area contributed by atoms with Crippen LogP contribution in [0.25, 0.3) is 27.3 Å². The normalized spacial score (nSPS) is 21.0. The van der Waals surface area contributed by atoms with Crippen LogP contribution in [0.5, 0.6) is 0 Å². The van der Waals surface area contributed by atoms with Gasteiger partial charge >= 0.3 is 0 Å². The molecular weight excluding hydrogens is 470 g/mol. The largest absolute Gasteiger partial charge is 0.217 e. The van der Waals surface area contributed by atoms with Gasteiger partial charge in [0.1, 0.15) is 11.6 Å². The van der Waals surface area contributed by atoms with Gasteiger partial charge in [0.25, 0.3) is 0 Å². The fraction of sp³-hybridized carbons (Fsp3) is 0.242. The van der Waals surface area contributed by atoms with E-state index in [1.165, 1.54) is 38.1 Å². The predicted octanol–water partition coefficient (Wildman–Crippen LogP) is 8.72. The van der Waals surface area contributed by atoms with Crippen molar-refractivity contribution in [3.63, 3.8) is 0 Å². The lowest BCUT2D eigenvalue weighted by Gasteiger charge is -2.25. The Kier molecular flexibility index (Phi) is 5.90. The second-order valence-electron chi connectivity index (χ2n) is 10.1. The lowest BCUT2D eigenvalue weighted by Crippen LogP contribution is -2.17. The molecule has 2 aromatic heterocycles. The maximum absolute atomic E-state index is 5.24. The molecule has 3 aliphatic rings. The first-order valence-electron chi connectivity index (χ1n) is 13.4. The summed E-state index contributed by atoms with van der Waals surface area (Å²) in [5, 5.41) is 1.33. The molecule has 4 heteroatoms. The van der Waals surface area contributed by atoms with E-state index in [2.05, 4.69) is 91.1 Å². The summed E-state index contributed by atoms with van der Waals surface area (Å²) < 4.78 is 1.32. The van der Waals surface area contributed by atoms with Crippen LogP contribution < -0.4 is 0 Å². The van der Waals surface area contributed by atoms with Gasteiger partial charge in [-0.15, -0.1) is 11.3 Å². The zero-order valence-electron chi connectivity index (χ0n) is 20.8. The van der Waals surface area contributed by atoms with E-state index < -0.39 is 0 Å². The summed E-state index contributed by atoms with van der Waals surface area (Å²) in [5.74, 6) is 3.01. The van der Waals surface area contributed by atoms with E-state index in [0.717, 1.165) is 55.2 Å². The monoisotopic (exact) mass is 499 g/mol. The van der Waals surface area contributed by atoms with Crippen molar-refractivity contribution in [1.82, 2.24) is 15.0 Å². The molecule has 0 aliphatic heterocycles. The molecule has 182 valence electrons. The lowest BCUT2D eigenvalue weighted by atomic mass is 9.82. The van der Waals surface area contributed by atoms with Gasteiger partial charge in [0, 0.05) is 21.1 Å². The molecule has 2 unspecified atom stereocenters. The number of hydrogen-bond donors (Lipinski definition) is 0. The third-order valence-electron chi connectivity index (χ3n) is 7.71. The van der Waals surface area contributed by atoms with Crippen LogP contribution in [0.1, 0.15) is 83.8 Å². The third-order valence-corrected chi connectivity index (χ3v) is 8.84. The summed E-state index contributed by atoms with van der Waals surface area (Å²) in [5.41, 5.74) is 5.12. The molecule has 0 saturated carbocycles. The number of fused-ring (bicyclic) bond motifs is 3. The van der Waals surface area contributed by atoms with Gasteiger partial charge in [0.2, 0.25) is 0 Å². The Bertz CT molecular complexity index is 1590. The molecule has 0 bridgehead atoms. The van der Waals surface area contributed by atoms with E-state index in [9.17, 15) is 0 Å². The highest BCUT2D eigenvalue weighted by molar-refractivity contribution is 7.20. The highest BCUT2D eigenvalue weighted by Gasteiger charge is 2.31. The Morgan fingerprint density at radius 1 is 0.811 bits per heavy atom. The molecule has 2 aromatic carbocycles. The van der Waals surface area contributed by atoms with Crippen LogP contribution >= 0.6 is 11.3 Å². The van der Waals surface area contributed by atoms with Gasteiger partial charge in [-0.05, 0) is 72.8 Å². The van der Waals surface area contributed by atoms with Crippen molar-refractivity contribution in [1.29, 1.82) is 0 Å². The number of hydrogen-bond acceptors (Lipinski definition) is 4. The minimum Gasteiger partial charge on any atom is -0.217 e. The maximum Gasteiger partial charge on any atom is 0.163 e. The quantitative estimate of drug-likeness (QED) is 0.264. The van der Waals surface area contributed by atoms with E-state index in [1.54, 1.807) is 0 Å². The summed E-state index contributed by atoms with van der Waals surface area (Å²) in [7, 11) is 0. The van der Waals surface area contributed by atoms with Gasteiger partial charge in [-0.1, -0.05) is 78.9 Å². The molecule has 0 fully saturated rings. The van der Waals surface area contributed by atoms with Crippen molar-refractivity contribution in [2.45, 2.75) is 50.4 Å². The van der Waals surface area contributed by atoms with Crippen molar-refractivity contribution in [2.75, 3.05) is 0 Å². The molecular formula is C33H29N3S. The zero-order chi connectivity index (χ0) is 24.6. The van der Waals surface area contributed by atoms with E-state index in [1.807, 2.05) is 11.3 Å². The third kappa shape index (κ3) is 4.30. The SMILES string of the molecule is C1=CC(c2nc(C3C=CCCC3)nc(C3CC(c4ccccc4)=Cc4sc5ccccc5c43)n2)=CCC1. The molecule has 4 aromatic rings. The molecule has 7 rings (SSSR count). The van der Waals surface area contributed by atoms with Crippen LogP contribution in [-0.2, 0) is 0 Å². The lowest BCUT2D eigenvalue weighted by molar-refractivity contribution is 0.607. The van der Waals surface area contributed by atoms with Crippen molar-refractivity contribution >= 4 is 38.6 Å². The number of benzene rings is 2. The number of nitrogens with zero attached hydrogens (tertiary/aromatic N) is 3. The summed E-state index contributed by atoms with van der Waals surface area (Å²) in [4.78, 5) is 16.8.